The highest BCUT2D eigenvalue weighted by atomic mass is 16.3. The van der Waals surface area contributed by atoms with Crippen LogP contribution in [0.4, 0.5) is 0 Å². The summed E-state index contributed by atoms with van der Waals surface area (Å²) >= 11 is 0. The monoisotopic (exact) mass is 283 g/mol. The highest BCUT2D eigenvalue weighted by molar-refractivity contribution is 5.45. The second-order valence-electron chi connectivity index (χ2n) is 7.09. The third-order valence-electron chi connectivity index (χ3n) is 6.20. The molecule has 0 unspecified atom stereocenters. The molecule has 3 atom stereocenters. The molecule has 1 saturated carbocycles. The number of allylic oxidation sites excluding steroid dienone is 1. The van der Waals surface area contributed by atoms with Gasteiger partial charge in [-0.05, 0) is 68.0 Å². The minimum Gasteiger partial charge on any atom is -0.508 e. The van der Waals surface area contributed by atoms with Gasteiger partial charge in [0, 0.05) is 18.0 Å². The molecule has 1 aromatic rings. The normalized spacial score (nSPS) is 34.6. The molecule has 0 radical (unpaired) electrons. The van der Waals surface area contributed by atoms with E-state index in [4.69, 9.17) is 0 Å². The lowest BCUT2D eigenvalue weighted by molar-refractivity contribution is 0.0137. The van der Waals surface area contributed by atoms with E-state index in [2.05, 4.69) is 36.2 Å². The number of hydrogen-bond donors (Lipinski definition) is 1. The molecule has 2 bridgehead atoms. The van der Waals surface area contributed by atoms with Crippen LogP contribution in [0.25, 0.3) is 0 Å². The fourth-order valence-electron chi connectivity index (χ4n) is 5.40. The Morgan fingerprint density at radius 1 is 1.29 bits per heavy atom. The average Bonchev–Trinajstić information content (AvgIpc) is 2.51. The van der Waals surface area contributed by atoms with Crippen LogP contribution in [0, 0.1) is 5.92 Å². The number of benzene rings is 1. The summed E-state index contributed by atoms with van der Waals surface area (Å²) in [6.45, 7) is 3.29. The number of rotatable bonds is 1. The first-order chi connectivity index (χ1) is 10.2. The maximum absolute atomic E-state index is 9.99. The van der Waals surface area contributed by atoms with Gasteiger partial charge in [0.2, 0.25) is 0 Å². The number of aromatic hydroxyl groups is 1. The molecule has 0 aromatic heterocycles. The molecule has 2 nitrogen and oxygen atoms in total. The van der Waals surface area contributed by atoms with Crippen molar-refractivity contribution in [3.8, 4) is 5.75 Å². The minimum absolute atomic E-state index is 0.341. The molecule has 1 aromatic carbocycles. The smallest absolute Gasteiger partial charge is 0.115 e. The maximum atomic E-state index is 9.99. The van der Waals surface area contributed by atoms with Crippen LogP contribution in [-0.2, 0) is 11.8 Å². The summed E-state index contributed by atoms with van der Waals surface area (Å²) < 4.78 is 0. The van der Waals surface area contributed by atoms with E-state index >= 15 is 0 Å². The number of phenolic OH excluding ortho intramolecular Hbond substituents is 1. The fourth-order valence-corrected chi connectivity index (χ4v) is 5.40. The first kappa shape index (κ1) is 13.2. The average molecular weight is 283 g/mol. The van der Waals surface area contributed by atoms with Crippen LogP contribution in [0.1, 0.15) is 50.2 Å². The molecule has 2 fully saturated rings. The SMILES string of the molecule is C/C=C/N1CC[C@]23CCCC[C@H]2[C@H]1Cc1ccc(O)cc13. The van der Waals surface area contributed by atoms with Gasteiger partial charge in [-0.25, -0.2) is 0 Å². The van der Waals surface area contributed by atoms with Crippen LogP contribution in [-0.4, -0.2) is 22.6 Å². The number of fused-ring (bicyclic) bond motifs is 1. The Hall–Kier alpha value is -1.44. The number of hydrogen-bond acceptors (Lipinski definition) is 2. The van der Waals surface area contributed by atoms with Crippen molar-refractivity contribution in [2.24, 2.45) is 5.92 Å². The van der Waals surface area contributed by atoms with Gasteiger partial charge in [0.15, 0.2) is 0 Å². The lowest BCUT2D eigenvalue weighted by Crippen LogP contribution is -2.59. The highest BCUT2D eigenvalue weighted by Crippen LogP contribution is 2.56. The fraction of sp³-hybridized carbons (Fsp3) is 0.579. The van der Waals surface area contributed by atoms with E-state index in [9.17, 15) is 5.11 Å². The van der Waals surface area contributed by atoms with Crippen molar-refractivity contribution in [3.63, 3.8) is 0 Å². The highest BCUT2D eigenvalue weighted by Gasteiger charge is 2.53. The third-order valence-corrected chi connectivity index (χ3v) is 6.20. The van der Waals surface area contributed by atoms with E-state index < -0.39 is 0 Å². The molecule has 1 saturated heterocycles. The molecule has 1 heterocycles. The predicted molar refractivity (Wildman–Crippen MR) is 85.4 cm³/mol. The van der Waals surface area contributed by atoms with Gasteiger partial charge in [-0.1, -0.05) is 25.0 Å². The van der Waals surface area contributed by atoms with Crippen molar-refractivity contribution in [2.45, 2.75) is 56.9 Å². The van der Waals surface area contributed by atoms with E-state index in [1.54, 1.807) is 0 Å². The Kier molecular flexibility index (Phi) is 3.02. The summed E-state index contributed by atoms with van der Waals surface area (Å²) in [5.41, 5.74) is 3.29. The van der Waals surface area contributed by atoms with Gasteiger partial charge in [0.25, 0.3) is 0 Å². The molecule has 2 heteroatoms. The van der Waals surface area contributed by atoms with E-state index in [-0.39, 0.29) is 0 Å². The first-order valence-electron chi connectivity index (χ1n) is 8.45. The Labute approximate surface area is 127 Å². The van der Waals surface area contributed by atoms with Gasteiger partial charge in [0.1, 0.15) is 5.75 Å². The molecule has 0 spiro atoms. The Bertz CT molecular complexity index is 579. The molecule has 2 aliphatic carbocycles. The summed E-state index contributed by atoms with van der Waals surface area (Å²) in [4.78, 5) is 2.59. The first-order valence-corrected chi connectivity index (χ1v) is 8.45. The third kappa shape index (κ3) is 1.84. The number of phenols is 1. The Morgan fingerprint density at radius 2 is 2.19 bits per heavy atom. The largest absolute Gasteiger partial charge is 0.508 e. The van der Waals surface area contributed by atoms with Crippen molar-refractivity contribution >= 4 is 0 Å². The maximum Gasteiger partial charge on any atom is 0.115 e. The van der Waals surface area contributed by atoms with Gasteiger partial charge in [-0.2, -0.15) is 0 Å². The predicted octanol–water partition coefficient (Wildman–Crippen LogP) is 3.98. The standard InChI is InChI=1S/C19H25NO/c1-2-10-20-11-9-19-8-4-3-5-16(19)18(20)12-14-6-7-15(21)13-17(14)19/h2,6-7,10,13,16,18,21H,3-5,8-9,11-12H2,1H3/b10-2+/t16-,18+,19+/m0/s1. The summed E-state index contributed by atoms with van der Waals surface area (Å²) in [5, 5.41) is 9.99. The molecule has 1 N–H and O–H groups in total. The van der Waals surface area contributed by atoms with Crippen LogP contribution in [0.2, 0.25) is 0 Å². The Balaban J connectivity index is 1.85. The van der Waals surface area contributed by atoms with Gasteiger partial charge >= 0.3 is 0 Å². The van der Waals surface area contributed by atoms with Crippen LogP contribution >= 0.6 is 0 Å². The van der Waals surface area contributed by atoms with Crippen LogP contribution < -0.4 is 0 Å². The zero-order valence-corrected chi connectivity index (χ0v) is 12.9. The molecule has 3 aliphatic rings. The summed E-state index contributed by atoms with van der Waals surface area (Å²) in [5.74, 6) is 1.22. The molecule has 0 amide bonds. The second kappa shape index (κ2) is 4.79. The number of piperidine rings is 1. The van der Waals surface area contributed by atoms with Gasteiger partial charge in [-0.15, -0.1) is 0 Å². The van der Waals surface area contributed by atoms with Gasteiger partial charge in [0.05, 0.1) is 0 Å². The summed E-state index contributed by atoms with van der Waals surface area (Å²) in [6, 6.07) is 6.78. The van der Waals surface area contributed by atoms with Crippen LogP contribution in [0.15, 0.2) is 30.5 Å². The van der Waals surface area contributed by atoms with Gasteiger partial charge in [-0.3, -0.25) is 0 Å². The molecule has 21 heavy (non-hydrogen) atoms. The zero-order chi connectivity index (χ0) is 14.4. The number of nitrogens with zero attached hydrogens (tertiary/aromatic N) is 1. The molecular weight excluding hydrogens is 258 g/mol. The molecule has 112 valence electrons. The van der Waals surface area contributed by atoms with Crippen molar-refractivity contribution < 1.29 is 5.11 Å². The van der Waals surface area contributed by atoms with E-state index in [0.717, 1.165) is 12.3 Å². The van der Waals surface area contributed by atoms with Gasteiger partial charge < -0.3 is 10.0 Å². The summed E-state index contributed by atoms with van der Waals surface area (Å²) in [6.07, 6.45) is 12.3. The second-order valence-corrected chi connectivity index (χ2v) is 7.09. The van der Waals surface area contributed by atoms with Crippen molar-refractivity contribution in [2.75, 3.05) is 6.54 Å². The van der Waals surface area contributed by atoms with Crippen molar-refractivity contribution in [3.05, 3.63) is 41.6 Å². The lowest BCUT2D eigenvalue weighted by Gasteiger charge is -2.59. The Morgan fingerprint density at radius 3 is 3.05 bits per heavy atom. The molecule has 1 aliphatic heterocycles. The molecular formula is C19H25NO. The molecule has 4 rings (SSSR count). The van der Waals surface area contributed by atoms with E-state index in [0.29, 0.717) is 17.2 Å². The lowest BCUT2D eigenvalue weighted by atomic mass is 9.52. The van der Waals surface area contributed by atoms with Crippen molar-refractivity contribution in [1.29, 1.82) is 0 Å². The minimum atomic E-state index is 0.341. The zero-order valence-electron chi connectivity index (χ0n) is 12.9. The number of likely N-dealkylation sites (tertiary alicyclic amines) is 1. The topological polar surface area (TPSA) is 23.5 Å². The summed E-state index contributed by atoms with van der Waals surface area (Å²) in [7, 11) is 0. The van der Waals surface area contributed by atoms with Crippen molar-refractivity contribution in [1.82, 2.24) is 4.90 Å². The van der Waals surface area contributed by atoms with Crippen LogP contribution in [0.5, 0.6) is 5.75 Å². The van der Waals surface area contributed by atoms with E-state index in [1.165, 1.54) is 49.8 Å². The van der Waals surface area contributed by atoms with E-state index in [1.807, 2.05) is 6.07 Å². The quantitative estimate of drug-likeness (QED) is 0.842. The van der Waals surface area contributed by atoms with Crippen LogP contribution in [0.3, 0.4) is 0 Å².